The van der Waals surface area contributed by atoms with Gasteiger partial charge in [-0.1, -0.05) is 48.9 Å². The molecule has 1 unspecified atom stereocenters. The Morgan fingerprint density at radius 3 is 2.79 bits per heavy atom. The maximum Gasteiger partial charge on any atom is 0.0670 e. The molecule has 0 amide bonds. The van der Waals surface area contributed by atoms with Crippen molar-refractivity contribution in [1.29, 1.82) is 0 Å². The second-order valence-corrected chi connectivity index (χ2v) is 5.94. The van der Waals surface area contributed by atoms with Crippen molar-refractivity contribution in [1.82, 2.24) is 10.2 Å². The molecule has 4 heteroatoms. The molecule has 3 aromatic rings. The second-order valence-electron chi connectivity index (χ2n) is 5.94. The van der Waals surface area contributed by atoms with Gasteiger partial charge in [-0.15, -0.1) is 0 Å². The standard InChI is InChI=1S/C20H22N4/c1-14-4-3-5-16(10-14)15(2)19-7-6-17(18-12-23-24-13-18)11-20(19)22-9-8-21/h3-7,9-13,15H,8,21H2,1-2H3,(H,23,24)/b22-9-. The molecular weight excluding hydrogens is 296 g/mol. The topological polar surface area (TPSA) is 67.1 Å². The first-order valence-electron chi connectivity index (χ1n) is 8.11. The molecule has 0 saturated heterocycles. The van der Waals surface area contributed by atoms with E-state index in [2.05, 4.69) is 71.5 Å². The molecule has 0 saturated carbocycles. The lowest BCUT2D eigenvalue weighted by molar-refractivity contribution is 0.920. The first kappa shape index (κ1) is 16.1. The molecule has 0 radical (unpaired) electrons. The zero-order valence-electron chi connectivity index (χ0n) is 14.0. The van der Waals surface area contributed by atoms with E-state index in [4.69, 9.17) is 5.73 Å². The smallest absolute Gasteiger partial charge is 0.0670 e. The van der Waals surface area contributed by atoms with Crippen LogP contribution in [0.15, 0.2) is 59.9 Å². The first-order chi connectivity index (χ1) is 11.7. The molecule has 24 heavy (non-hydrogen) atoms. The van der Waals surface area contributed by atoms with Crippen LogP contribution < -0.4 is 5.73 Å². The lowest BCUT2D eigenvalue weighted by Crippen LogP contribution is -2.00. The highest BCUT2D eigenvalue weighted by atomic mass is 15.1. The number of nitrogens with zero attached hydrogens (tertiary/aromatic N) is 2. The molecular formula is C20H22N4. The third-order valence-corrected chi connectivity index (χ3v) is 4.21. The predicted molar refractivity (Wildman–Crippen MR) is 99.9 cm³/mol. The van der Waals surface area contributed by atoms with Crippen molar-refractivity contribution in [3.05, 3.63) is 71.5 Å². The van der Waals surface area contributed by atoms with Crippen LogP contribution in [0, 0.1) is 6.92 Å². The number of H-pyrrole nitrogens is 1. The van der Waals surface area contributed by atoms with Gasteiger partial charge in [-0.25, -0.2) is 0 Å². The molecule has 0 spiro atoms. The van der Waals surface area contributed by atoms with Gasteiger partial charge in [0.05, 0.1) is 11.9 Å². The normalized spacial score (nSPS) is 12.6. The van der Waals surface area contributed by atoms with Crippen molar-refractivity contribution in [3.8, 4) is 11.1 Å². The third kappa shape index (κ3) is 3.44. The fraction of sp³-hybridized carbons (Fsp3) is 0.200. The number of rotatable bonds is 5. The van der Waals surface area contributed by atoms with Crippen molar-refractivity contribution in [3.63, 3.8) is 0 Å². The van der Waals surface area contributed by atoms with Crippen molar-refractivity contribution < 1.29 is 0 Å². The van der Waals surface area contributed by atoms with Crippen LogP contribution >= 0.6 is 0 Å². The zero-order valence-corrected chi connectivity index (χ0v) is 14.0. The van der Waals surface area contributed by atoms with Gasteiger partial charge in [-0.2, -0.15) is 5.10 Å². The summed E-state index contributed by atoms with van der Waals surface area (Å²) in [6, 6.07) is 15.0. The van der Waals surface area contributed by atoms with Crippen molar-refractivity contribution in [2.24, 2.45) is 10.7 Å². The molecule has 1 aromatic heterocycles. The Bertz CT molecular complexity index is 835. The predicted octanol–water partition coefficient (Wildman–Crippen LogP) is 4.20. The van der Waals surface area contributed by atoms with Gasteiger partial charge in [-0.05, 0) is 29.7 Å². The molecule has 0 bridgehead atoms. The van der Waals surface area contributed by atoms with E-state index in [9.17, 15) is 0 Å². The minimum absolute atomic E-state index is 0.258. The summed E-state index contributed by atoms with van der Waals surface area (Å²) in [7, 11) is 0. The molecule has 3 N–H and O–H groups in total. The summed E-state index contributed by atoms with van der Waals surface area (Å²) < 4.78 is 0. The van der Waals surface area contributed by atoms with Gasteiger partial charge in [0.25, 0.3) is 0 Å². The fourth-order valence-corrected chi connectivity index (χ4v) is 2.88. The molecule has 0 aliphatic carbocycles. The number of nitrogens with two attached hydrogens (primary N) is 1. The van der Waals surface area contributed by atoms with Gasteiger partial charge in [-0.3, -0.25) is 10.1 Å². The van der Waals surface area contributed by atoms with Crippen LogP contribution in [0.1, 0.15) is 29.5 Å². The Hall–Kier alpha value is -2.72. The quantitative estimate of drug-likeness (QED) is 0.692. The molecule has 2 aromatic carbocycles. The van der Waals surface area contributed by atoms with Crippen molar-refractivity contribution in [2.75, 3.05) is 6.54 Å². The minimum Gasteiger partial charge on any atom is -0.326 e. The average Bonchev–Trinajstić information content (AvgIpc) is 3.14. The Balaban J connectivity index is 2.04. The van der Waals surface area contributed by atoms with Crippen LogP contribution in [-0.2, 0) is 0 Å². The molecule has 0 aliphatic heterocycles. The van der Waals surface area contributed by atoms with Crippen LogP contribution in [0.3, 0.4) is 0 Å². The Labute approximate surface area is 142 Å². The summed E-state index contributed by atoms with van der Waals surface area (Å²) in [6.07, 6.45) is 5.45. The highest BCUT2D eigenvalue weighted by Crippen LogP contribution is 2.35. The number of nitrogens with one attached hydrogen (secondary N) is 1. The van der Waals surface area contributed by atoms with E-state index in [0.29, 0.717) is 6.54 Å². The minimum atomic E-state index is 0.258. The van der Waals surface area contributed by atoms with E-state index in [1.54, 1.807) is 6.21 Å². The number of aromatic nitrogens is 2. The summed E-state index contributed by atoms with van der Waals surface area (Å²) in [5.74, 6) is 0.258. The summed E-state index contributed by atoms with van der Waals surface area (Å²) in [5.41, 5.74) is 12.4. The summed E-state index contributed by atoms with van der Waals surface area (Å²) in [5, 5.41) is 6.87. The summed E-state index contributed by atoms with van der Waals surface area (Å²) >= 11 is 0. The maximum absolute atomic E-state index is 5.60. The third-order valence-electron chi connectivity index (χ3n) is 4.21. The number of aryl methyl sites for hydroxylation is 1. The van der Waals surface area contributed by atoms with Crippen LogP contribution in [-0.4, -0.2) is 23.0 Å². The number of aliphatic imine (C=N–C) groups is 1. The SMILES string of the molecule is Cc1cccc(C(C)c2ccc(-c3cn[nH]c3)cc2/N=C\CN)c1. The van der Waals surface area contributed by atoms with Gasteiger partial charge >= 0.3 is 0 Å². The number of hydrogen-bond acceptors (Lipinski definition) is 3. The lowest BCUT2D eigenvalue weighted by atomic mass is 9.90. The molecule has 1 atom stereocenters. The zero-order chi connectivity index (χ0) is 16.9. The maximum atomic E-state index is 5.60. The van der Waals surface area contributed by atoms with Crippen LogP contribution in [0.5, 0.6) is 0 Å². The number of benzene rings is 2. The number of hydrogen-bond donors (Lipinski definition) is 2. The van der Waals surface area contributed by atoms with Gasteiger partial charge in [0.2, 0.25) is 0 Å². The highest BCUT2D eigenvalue weighted by molar-refractivity contribution is 5.72. The van der Waals surface area contributed by atoms with E-state index < -0.39 is 0 Å². The first-order valence-corrected chi connectivity index (χ1v) is 8.11. The highest BCUT2D eigenvalue weighted by Gasteiger charge is 2.14. The summed E-state index contributed by atoms with van der Waals surface area (Å²) in [6.45, 7) is 4.75. The molecule has 122 valence electrons. The Morgan fingerprint density at radius 1 is 1.21 bits per heavy atom. The van der Waals surface area contributed by atoms with Gasteiger partial charge in [0, 0.05) is 30.4 Å². The van der Waals surface area contributed by atoms with Crippen LogP contribution in [0.2, 0.25) is 0 Å². The van der Waals surface area contributed by atoms with E-state index >= 15 is 0 Å². The van der Waals surface area contributed by atoms with Gasteiger partial charge in [0.15, 0.2) is 0 Å². The van der Waals surface area contributed by atoms with Crippen LogP contribution in [0.4, 0.5) is 5.69 Å². The van der Waals surface area contributed by atoms with Crippen molar-refractivity contribution >= 4 is 11.9 Å². The van der Waals surface area contributed by atoms with Gasteiger partial charge in [0.1, 0.15) is 0 Å². The molecule has 3 rings (SSSR count). The largest absolute Gasteiger partial charge is 0.326 e. The fourth-order valence-electron chi connectivity index (χ4n) is 2.88. The average molecular weight is 318 g/mol. The van der Waals surface area contributed by atoms with Crippen molar-refractivity contribution in [2.45, 2.75) is 19.8 Å². The molecule has 4 nitrogen and oxygen atoms in total. The Kier molecular flexibility index (Phi) is 4.87. The molecule has 1 heterocycles. The van der Waals surface area contributed by atoms with E-state index in [1.165, 1.54) is 16.7 Å². The molecule has 0 fully saturated rings. The number of aromatic amines is 1. The lowest BCUT2D eigenvalue weighted by Gasteiger charge is -2.16. The van der Waals surface area contributed by atoms with E-state index in [0.717, 1.165) is 16.8 Å². The van der Waals surface area contributed by atoms with E-state index in [1.807, 2.05) is 12.4 Å². The monoisotopic (exact) mass is 318 g/mol. The Morgan fingerprint density at radius 2 is 2.08 bits per heavy atom. The molecule has 0 aliphatic rings. The van der Waals surface area contributed by atoms with E-state index in [-0.39, 0.29) is 5.92 Å². The summed E-state index contributed by atoms with van der Waals surface area (Å²) in [4.78, 5) is 4.58. The van der Waals surface area contributed by atoms with Gasteiger partial charge < -0.3 is 5.73 Å². The van der Waals surface area contributed by atoms with Crippen LogP contribution in [0.25, 0.3) is 11.1 Å². The second kappa shape index (κ2) is 7.23.